The van der Waals surface area contributed by atoms with Gasteiger partial charge in [0, 0.05) is 22.7 Å². The van der Waals surface area contributed by atoms with Crippen LogP contribution in [0.2, 0.25) is 0 Å². The van der Waals surface area contributed by atoms with E-state index >= 15 is 0 Å². The van der Waals surface area contributed by atoms with E-state index in [-0.39, 0.29) is 5.92 Å². The number of alkyl halides is 6. The molecule has 1 atom stereocenters. The molecule has 0 radical (unpaired) electrons. The summed E-state index contributed by atoms with van der Waals surface area (Å²) in [6.07, 6.45) is -8.04. The Bertz CT molecular complexity index is 1440. The highest BCUT2D eigenvalue weighted by molar-refractivity contribution is 8.04. The van der Waals surface area contributed by atoms with Crippen molar-refractivity contribution in [2.75, 3.05) is 18.4 Å². The number of carbonyl (C=O) groups is 2. The quantitative estimate of drug-likeness (QED) is 0.285. The predicted molar refractivity (Wildman–Crippen MR) is 137 cm³/mol. The van der Waals surface area contributed by atoms with Crippen LogP contribution >= 0.6 is 11.8 Å². The number of nitrogens with one attached hydrogen (secondary N) is 4. The Balaban J connectivity index is 1.38. The zero-order valence-electron chi connectivity index (χ0n) is 20.7. The average molecular weight is 584 g/mol. The molecule has 3 heterocycles. The molecule has 0 bridgehead atoms. The molecule has 0 aliphatic carbocycles. The number of rotatable bonds is 6. The summed E-state index contributed by atoms with van der Waals surface area (Å²) < 4.78 is 81.4. The molecule has 2 amide bonds. The van der Waals surface area contributed by atoms with Crippen LogP contribution in [0.15, 0.2) is 46.2 Å². The van der Waals surface area contributed by atoms with Crippen LogP contribution in [0.1, 0.15) is 36.1 Å². The third-order valence-electron chi connectivity index (χ3n) is 6.90. The molecule has 1 saturated heterocycles. The second kappa shape index (κ2) is 10.8. The third-order valence-corrected chi connectivity index (χ3v) is 7.99. The van der Waals surface area contributed by atoms with Gasteiger partial charge in [-0.05, 0) is 62.2 Å². The van der Waals surface area contributed by atoms with E-state index in [9.17, 15) is 35.9 Å². The van der Waals surface area contributed by atoms with Crippen molar-refractivity contribution in [2.24, 2.45) is 5.92 Å². The van der Waals surface area contributed by atoms with Crippen LogP contribution in [-0.2, 0) is 21.9 Å². The number of H-pyrrole nitrogens is 1. The van der Waals surface area contributed by atoms with Crippen molar-refractivity contribution in [1.29, 1.82) is 0 Å². The maximum Gasteiger partial charge on any atom is 0.418 e. The Morgan fingerprint density at radius 1 is 1.00 bits per heavy atom. The zero-order valence-corrected chi connectivity index (χ0v) is 21.5. The number of benzene rings is 2. The highest BCUT2D eigenvalue weighted by Crippen LogP contribution is 2.43. The van der Waals surface area contributed by atoms with Gasteiger partial charge in [-0.25, -0.2) is 0 Å². The topological polar surface area (TPSA) is 98.9 Å². The molecule has 1 aromatic heterocycles. The second-order valence-corrected chi connectivity index (χ2v) is 10.6. The fourth-order valence-electron chi connectivity index (χ4n) is 5.01. The van der Waals surface area contributed by atoms with Crippen LogP contribution < -0.4 is 16.0 Å². The standard InChI is InChI=1S/C26H23F6N5O2S/c27-25(28,29)14-3-1-4-15(26(30,31)32)23(14)35-21(38)12-17(13-7-9-33-10-8-13)34-24(39)20-11-18-22-16(36-37-18)5-2-6-19(22)40-20/h1-6,11,13,17,33H,7-10,12H2,(H,34,39)(H,35,38)(H,36,37). The highest BCUT2D eigenvalue weighted by atomic mass is 32.2. The van der Waals surface area contributed by atoms with Crippen LogP contribution in [0.3, 0.4) is 0 Å². The van der Waals surface area contributed by atoms with Crippen LogP contribution in [0.5, 0.6) is 0 Å². The number of amides is 2. The van der Waals surface area contributed by atoms with Crippen molar-refractivity contribution in [2.45, 2.75) is 42.6 Å². The fraction of sp³-hybridized carbons (Fsp3) is 0.346. The van der Waals surface area contributed by atoms with Crippen LogP contribution in [0.4, 0.5) is 32.0 Å². The lowest BCUT2D eigenvalue weighted by molar-refractivity contribution is -0.141. The van der Waals surface area contributed by atoms with E-state index in [0.717, 1.165) is 15.8 Å². The normalized spacial score (nSPS) is 16.9. The molecule has 2 aliphatic heterocycles. The summed E-state index contributed by atoms with van der Waals surface area (Å²) in [6.45, 7) is 1.18. The molecule has 40 heavy (non-hydrogen) atoms. The van der Waals surface area contributed by atoms with Gasteiger partial charge in [-0.1, -0.05) is 23.9 Å². The molecule has 2 aromatic carbocycles. The molecule has 2 aliphatic rings. The average Bonchev–Trinajstić information content (AvgIpc) is 3.32. The number of aromatic amines is 1. The number of para-hydroxylation sites is 1. The van der Waals surface area contributed by atoms with Gasteiger partial charge in [0.25, 0.3) is 5.91 Å². The molecule has 1 fully saturated rings. The van der Waals surface area contributed by atoms with E-state index in [1.807, 2.05) is 17.4 Å². The fourth-order valence-corrected chi connectivity index (χ4v) is 6.04. The number of hydrogen-bond acceptors (Lipinski definition) is 5. The van der Waals surface area contributed by atoms with Crippen molar-refractivity contribution in [3.63, 3.8) is 0 Å². The van der Waals surface area contributed by atoms with Gasteiger partial charge in [0.1, 0.15) is 0 Å². The van der Waals surface area contributed by atoms with E-state index < -0.39 is 53.4 Å². The number of nitrogens with zero attached hydrogens (tertiary/aromatic N) is 1. The van der Waals surface area contributed by atoms with Crippen LogP contribution in [-0.4, -0.2) is 41.1 Å². The van der Waals surface area contributed by atoms with Gasteiger partial charge in [0.05, 0.1) is 32.9 Å². The van der Waals surface area contributed by atoms with Gasteiger partial charge in [0.15, 0.2) is 0 Å². The largest absolute Gasteiger partial charge is 0.418 e. The summed E-state index contributed by atoms with van der Waals surface area (Å²) in [6, 6.07) is 6.22. The van der Waals surface area contributed by atoms with Crippen molar-refractivity contribution in [1.82, 2.24) is 20.8 Å². The molecule has 0 saturated carbocycles. The molecular weight excluding hydrogens is 560 g/mol. The summed E-state index contributed by atoms with van der Waals surface area (Å²) in [5.41, 5.74) is -3.20. The van der Waals surface area contributed by atoms with E-state index in [4.69, 9.17) is 0 Å². The number of piperidine rings is 1. The molecule has 5 rings (SSSR count). The number of carbonyl (C=O) groups excluding carboxylic acids is 2. The van der Waals surface area contributed by atoms with E-state index in [2.05, 4.69) is 20.8 Å². The minimum atomic E-state index is -5.13. The van der Waals surface area contributed by atoms with Gasteiger partial charge in [-0.2, -0.15) is 31.4 Å². The molecule has 0 spiro atoms. The van der Waals surface area contributed by atoms with Gasteiger partial charge < -0.3 is 16.0 Å². The number of anilines is 1. The van der Waals surface area contributed by atoms with Gasteiger partial charge in [-0.3, -0.25) is 14.7 Å². The van der Waals surface area contributed by atoms with Gasteiger partial charge >= 0.3 is 12.4 Å². The minimum Gasteiger partial charge on any atom is -0.348 e. The molecule has 14 heteroatoms. The molecular formula is C26H23F6N5O2S. The third kappa shape index (κ3) is 5.82. The molecule has 4 N–H and O–H groups in total. The maximum absolute atomic E-state index is 13.6. The van der Waals surface area contributed by atoms with Crippen LogP contribution in [0.25, 0.3) is 17.0 Å². The summed E-state index contributed by atoms with van der Waals surface area (Å²) >= 11 is 1.21. The van der Waals surface area contributed by atoms with E-state index in [1.165, 1.54) is 11.8 Å². The van der Waals surface area contributed by atoms with Gasteiger partial charge in [0.2, 0.25) is 5.91 Å². The molecule has 212 valence electrons. The van der Waals surface area contributed by atoms with Crippen molar-refractivity contribution < 1.29 is 35.9 Å². The first-order valence-electron chi connectivity index (χ1n) is 12.4. The second-order valence-electron chi connectivity index (χ2n) is 9.54. The van der Waals surface area contributed by atoms with Crippen molar-refractivity contribution >= 4 is 46.2 Å². The summed E-state index contributed by atoms with van der Waals surface area (Å²) in [7, 11) is 0. The summed E-state index contributed by atoms with van der Waals surface area (Å²) in [5.74, 6) is -1.81. The number of hydrogen-bond donors (Lipinski definition) is 4. The first-order valence-corrected chi connectivity index (χ1v) is 13.2. The predicted octanol–water partition coefficient (Wildman–Crippen LogP) is 5.56. The van der Waals surface area contributed by atoms with E-state index in [1.54, 1.807) is 12.1 Å². The number of thioether (sulfide) groups is 1. The van der Waals surface area contributed by atoms with Crippen molar-refractivity contribution in [3.05, 3.63) is 58.1 Å². The molecule has 1 unspecified atom stereocenters. The maximum atomic E-state index is 13.6. The smallest absolute Gasteiger partial charge is 0.348 e. The zero-order chi connectivity index (χ0) is 28.7. The monoisotopic (exact) mass is 583 g/mol. The summed E-state index contributed by atoms with van der Waals surface area (Å²) in [4.78, 5) is 27.4. The number of aromatic nitrogens is 2. The minimum absolute atomic E-state index is 0.226. The lowest BCUT2D eigenvalue weighted by Crippen LogP contribution is -2.46. The van der Waals surface area contributed by atoms with Crippen molar-refractivity contribution in [3.8, 4) is 0 Å². The lowest BCUT2D eigenvalue weighted by atomic mass is 9.88. The molecule has 7 nitrogen and oxygen atoms in total. The first kappa shape index (κ1) is 28.0. The Labute approximate surface area is 228 Å². The SMILES string of the molecule is O=C(CC(NC(=O)C1=Cc2[nH]nc3cccc(c23)S1)C1CCNCC1)Nc1c(C(F)(F)F)cccc1C(F)(F)F. The highest BCUT2D eigenvalue weighted by Gasteiger charge is 2.41. The number of halogens is 6. The lowest BCUT2D eigenvalue weighted by Gasteiger charge is -2.31. The Kier molecular flexibility index (Phi) is 7.57. The molecule has 3 aromatic rings. The Morgan fingerprint density at radius 2 is 1.65 bits per heavy atom. The first-order chi connectivity index (χ1) is 18.9. The van der Waals surface area contributed by atoms with E-state index in [0.29, 0.717) is 54.7 Å². The summed E-state index contributed by atoms with van der Waals surface area (Å²) in [5, 5.41) is 15.8. The van der Waals surface area contributed by atoms with Gasteiger partial charge in [-0.15, -0.1) is 0 Å². The Morgan fingerprint density at radius 3 is 2.30 bits per heavy atom. The Hall–Kier alpha value is -3.52. The van der Waals surface area contributed by atoms with Crippen LogP contribution in [0, 0.1) is 5.92 Å².